The number of benzene rings is 2. The lowest BCUT2D eigenvalue weighted by molar-refractivity contribution is -0.138. The topological polar surface area (TPSA) is 86.7 Å². The van der Waals surface area contributed by atoms with Gasteiger partial charge in [0, 0.05) is 24.7 Å². The number of carboxylic acids is 1. The van der Waals surface area contributed by atoms with E-state index in [2.05, 4.69) is 5.32 Å². The highest BCUT2D eigenvalue weighted by molar-refractivity contribution is 5.94. The fourth-order valence-corrected chi connectivity index (χ4v) is 3.46. The van der Waals surface area contributed by atoms with Crippen LogP contribution in [-0.2, 0) is 39.9 Å². The molecule has 33 heavy (non-hydrogen) atoms. The Balaban J connectivity index is 1.53. The molecule has 0 radical (unpaired) electrons. The van der Waals surface area contributed by atoms with E-state index in [1.165, 1.54) is 23.1 Å². The number of hydrogen-bond donors (Lipinski definition) is 2. The molecule has 2 amide bonds. The van der Waals surface area contributed by atoms with Gasteiger partial charge in [0.05, 0.1) is 18.5 Å². The highest BCUT2D eigenvalue weighted by atomic mass is 19.4. The van der Waals surface area contributed by atoms with Crippen LogP contribution in [0, 0.1) is 5.82 Å². The minimum absolute atomic E-state index is 0.00458. The van der Waals surface area contributed by atoms with Gasteiger partial charge in [-0.1, -0.05) is 18.2 Å². The summed E-state index contributed by atoms with van der Waals surface area (Å²) < 4.78 is 52.1. The van der Waals surface area contributed by atoms with Crippen molar-refractivity contribution in [2.24, 2.45) is 0 Å². The maximum absolute atomic E-state index is 14.4. The minimum Gasteiger partial charge on any atom is -0.481 e. The predicted octanol–water partition coefficient (Wildman–Crippen LogP) is 3.19. The number of carbonyl (C=O) groups is 3. The van der Waals surface area contributed by atoms with E-state index < -0.39 is 35.3 Å². The maximum atomic E-state index is 14.4. The van der Waals surface area contributed by atoms with Gasteiger partial charge in [-0.2, -0.15) is 13.2 Å². The number of nitrogens with one attached hydrogen (secondary N) is 1. The number of rotatable bonds is 6. The summed E-state index contributed by atoms with van der Waals surface area (Å²) in [6.45, 7) is -0.0338. The average Bonchev–Trinajstić information content (AvgIpc) is 2.75. The Kier molecular flexibility index (Phi) is 7.15. The van der Waals surface area contributed by atoms with Crippen molar-refractivity contribution in [3.8, 4) is 0 Å². The molecule has 1 heterocycles. The first-order chi connectivity index (χ1) is 15.5. The summed E-state index contributed by atoms with van der Waals surface area (Å²) >= 11 is 0. The Labute approximate surface area is 186 Å². The van der Waals surface area contributed by atoms with Crippen LogP contribution in [0.25, 0.3) is 6.08 Å². The lowest BCUT2D eigenvalue weighted by atomic mass is 9.95. The Morgan fingerprint density at radius 3 is 2.45 bits per heavy atom. The van der Waals surface area contributed by atoms with E-state index >= 15 is 0 Å². The molecule has 2 aromatic rings. The van der Waals surface area contributed by atoms with E-state index in [0.717, 1.165) is 24.3 Å². The number of nitrogens with zero attached hydrogens (tertiary/aromatic N) is 1. The van der Waals surface area contributed by atoms with Crippen molar-refractivity contribution in [1.82, 2.24) is 10.2 Å². The fourth-order valence-electron chi connectivity index (χ4n) is 3.46. The SMILES string of the molecule is O=C(O)Cc1cc(F)c2c(c1)CCN(C(=O)CNC(=O)/C=C/c1ccc(C(F)(F)F)cc1)C2. The van der Waals surface area contributed by atoms with Crippen molar-refractivity contribution in [3.63, 3.8) is 0 Å². The van der Waals surface area contributed by atoms with Crippen LogP contribution in [0.5, 0.6) is 0 Å². The molecule has 0 bridgehead atoms. The van der Waals surface area contributed by atoms with E-state index in [9.17, 15) is 31.9 Å². The molecule has 0 aromatic heterocycles. The van der Waals surface area contributed by atoms with Crippen molar-refractivity contribution in [2.45, 2.75) is 25.6 Å². The van der Waals surface area contributed by atoms with Crippen LogP contribution in [0.15, 0.2) is 42.5 Å². The van der Waals surface area contributed by atoms with Gasteiger partial charge in [0.25, 0.3) is 0 Å². The van der Waals surface area contributed by atoms with E-state index in [0.29, 0.717) is 35.2 Å². The molecule has 0 saturated carbocycles. The van der Waals surface area contributed by atoms with E-state index in [1.54, 1.807) is 6.07 Å². The summed E-state index contributed by atoms with van der Waals surface area (Å²) in [7, 11) is 0. The third-order valence-corrected chi connectivity index (χ3v) is 5.13. The number of aliphatic carboxylic acids is 1. The van der Waals surface area contributed by atoms with E-state index in [4.69, 9.17) is 5.11 Å². The standard InChI is InChI=1S/C23H20F4N2O4/c24-19-10-15(11-22(32)33)9-16-7-8-29(13-18(16)19)21(31)12-28-20(30)6-3-14-1-4-17(5-2-14)23(25,26)27/h1-6,9-10H,7-8,11-13H2,(H,28,30)(H,32,33)/b6-3+. The normalized spacial score (nSPS) is 13.6. The number of hydrogen-bond acceptors (Lipinski definition) is 3. The van der Waals surface area contributed by atoms with Crippen LogP contribution in [0.2, 0.25) is 0 Å². The third-order valence-electron chi connectivity index (χ3n) is 5.13. The van der Waals surface area contributed by atoms with Crippen molar-refractivity contribution < 1.29 is 37.1 Å². The van der Waals surface area contributed by atoms with Gasteiger partial charge in [0.1, 0.15) is 5.82 Å². The number of fused-ring (bicyclic) bond motifs is 1. The van der Waals surface area contributed by atoms with Crippen molar-refractivity contribution in [1.29, 1.82) is 0 Å². The molecule has 6 nitrogen and oxygen atoms in total. The molecule has 174 valence electrons. The van der Waals surface area contributed by atoms with Gasteiger partial charge in [-0.25, -0.2) is 4.39 Å². The molecule has 0 spiro atoms. The van der Waals surface area contributed by atoms with Crippen molar-refractivity contribution in [3.05, 3.63) is 76.1 Å². The van der Waals surface area contributed by atoms with Gasteiger partial charge in [-0.15, -0.1) is 0 Å². The zero-order chi connectivity index (χ0) is 24.2. The van der Waals surface area contributed by atoms with E-state index in [1.807, 2.05) is 0 Å². The quantitative estimate of drug-likeness (QED) is 0.508. The van der Waals surface area contributed by atoms with Crippen LogP contribution in [-0.4, -0.2) is 40.9 Å². The molecule has 3 rings (SSSR count). The molecule has 0 atom stereocenters. The molecule has 1 aliphatic rings. The molecule has 0 fully saturated rings. The summed E-state index contributed by atoms with van der Waals surface area (Å²) in [6.07, 6.45) is -1.96. The number of amides is 2. The number of carbonyl (C=O) groups excluding carboxylic acids is 2. The number of halogens is 4. The second-order valence-electron chi connectivity index (χ2n) is 7.52. The zero-order valence-electron chi connectivity index (χ0n) is 17.3. The van der Waals surface area contributed by atoms with Gasteiger partial charge >= 0.3 is 12.1 Å². The molecule has 0 aliphatic carbocycles. The first-order valence-electron chi connectivity index (χ1n) is 9.96. The van der Waals surface area contributed by atoms with Crippen LogP contribution < -0.4 is 5.32 Å². The van der Waals surface area contributed by atoms with Crippen molar-refractivity contribution >= 4 is 23.9 Å². The Morgan fingerprint density at radius 2 is 1.82 bits per heavy atom. The Hall–Kier alpha value is -3.69. The lowest BCUT2D eigenvalue weighted by Crippen LogP contribution is -2.42. The van der Waals surface area contributed by atoms with Gasteiger partial charge in [0.2, 0.25) is 11.8 Å². The van der Waals surface area contributed by atoms with Crippen LogP contribution >= 0.6 is 0 Å². The maximum Gasteiger partial charge on any atom is 0.416 e. The molecule has 0 unspecified atom stereocenters. The molecule has 0 saturated heterocycles. The van der Waals surface area contributed by atoms with Gasteiger partial charge < -0.3 is 15.3 Å². The second-order valence-corrected chi connectivity index (χ2v) is 7.52. The summed E-state index contributed by atoms with van der Waals surface area (Å²) in [4.78, 5) is 36.6. The van der Waals surface area contributed by atoms with Gasteiger partial charge in [-0.05, 0) is 47.4 Å². The summed E-state index contributed by atoms with van der Waals surface area (Å²) in [5.41, 5.74) is 0.906. The fraction of sp³-hybridized carbons (Fsp3) is 0.261. The third kappa shape index (κ3) is 6.41. The Bertz CT molecular complexity index is 1090. The van der Waals surface area contributed by atoms with E-state index in [-0.39, 0.29) is 19.5 Å². The second kappa shape index (κ2) is 9.85. The summed E-state index contributed by atoms with van der Waals surface area (Å²) in [5.74, 6) is -2.68. The molecular weight excluding hydrogens is 444 g/mol. The summed E-state index contributed by atoms with van der Waals surface area (Å²) in [6, 6.07) is 7.02. The molecule has 10 heteroatoms. The monoisotopic (exact) mass is 464 g/mol. The van der Waals surface area contributed by atoms with Gasteiger partial charge in [0.15, 0.2) is 0 Å². The first-order valence-corrected chi connectivity index (χ1v) is 9.96. The molecule has 1 aliphatic heterocycles. The number of alkyl halides is 3. The smallest absolute Gasteiger partial charge is 0.416 e. The zero-order valence-corrected chi connectivity index (χ0v) is 17.3. The van der Waals surface area contributed by atoms with Crippen LogP contribution in [0.3, 0.4) is 0 Å². The van der Waals surface area contributed by atoms with Crippen molar-refractivity contribution in [2.75, 3.05) is 13.1 Å². The average molecular weight is 464 g/mol. The highest BCUT2D eigenvalue weighted by Gasteiger charge is 2.29. The predicted molar refractivity (Wildman–Crippen MR) is 110 cm³/mol. The molecule has 2 aromatic carbocycles. The Morgan fingerprint density at radius 1 is 1.12 bits per heavy atom. The first kappa shape index (κ1) is 24.0. The van der Waals surface area contributed by atoms with Crippen LogP contribution in [0.1, 0.15) is 27.8 Å². The van der Waals surface area contributed by atoms with Crippen LogP contribution in [0.4, 0.5) is 17.6 Å². The number of carboxylic acid groups (broad SMARTS) is 1. The summed E-state index contributed by atoms with van der Waals surface area (Å²) in [5, 5.41) is 11.3. The lowest BCUT2D eigenvalue weighted by Gasteiger charge is -2.29. The molecule has 2 N–H and O–H groups in total. The highest BCUT2D eigenvalue weighted by Crippen LogP contribution is 2.29. The molecular formula is C23H20F4N2O4. The van der Waals surface area contributed by atoms with Gasteiger partial charge in [-0.3, -0.25) is 14.4 Å². The minimum atomic E-state index is -4.45. The largest absolute Gasteiger partial charge is 0.481 e.